The summed E-state index contributed by atoms with van der Waals surface area (Å²) in [4.78, 5) is 0. The Kier molecular flexibility index (Phi) is 4.94. The molecule has 0 unspecified atom stereocenters. The highest BCUT2D eigenvalue weighted by molar-refractivity contribution is 6.28. The summed E-state index contributed by atoms with van der Waals surface area (Å²) in [6, 6.07) is 0. The van der Waals surface area contributed by atoms with Crippen LogP contribution in [0.25, 0.3) is 0 Å². The summed E-state index contributed by atoms with van der Waals surface area (Å²) in [5, 5.41) is 8.49. The van der Waals surface area contributed by atoms with E-state index in [0.29, 0.717) is 5.28 Å². The van der Waals surface area contributed by atoms with Crippen LogP contribution >= 0.6 is 11.6 Å². The van der Waals surface area contributed by atoms with E-state index in [4.69, 9.17) is 11.6 Å². The van der Waals surface area contributed by atoms with Crippen LogP contribution in [0.3, 0.4) is 0 Å². The minimum absolute atomic E-state index is 0.532. The molecule has 0 atom stereocenters. The highest BCUT2D eigenvalue weighted by atomic mass is 35.5. The SMILES string of the molecule is CCCCCn1c(Cl)nnc1CCC. The molecule has 1 heterocycles. The van der Waals surface area contributed by atoms with E-state index in [0.717, 1.165) is 31.6 Å². The molecule has 14 heavy (non-hydrogen) atoms. The van der Waals surface area contributed by atoms with E-state index < -0.39 is 0 Å². The maximum atomic E-state index is 5.95. The standard InChI is InChI=1S/C10H18ClN3/c1-3-5-6-8-14-9(7-4-2)12-13-10(14)11/h3-8H2,1-2H3. The Morgan fingerprint density at radius 1 is 1.14 bits per heavy atom. The number of halogens is 1. The van der Waals surface area contributed by atoms with Gasteiger partial charge in [-0.05, 0) is 24.4 Å². The van der Waals surface area contributed by atoms with Crippen molar-refractivity contribution in [1.29, 1.82) is 0 Å². The molecule has 0 bridgehead atoms. The summed E-state index contributed by atoms with van der Waals surface area (Å²) in [6.07, 6.45) is 5.67. The van der Waals surface area contributed by atoms with Gasteiger partial charge in [0.2, 0.25) is 5.28 Å². The number of aryl methyl sites for hydroxylation is 1. The first-order chi connectivity index (χ1) is 6.79. The molecule has 0 amide bonds. The highest BCUT2D eigenvalue weighted by Crippen LogP contribution is 2.11. The molecular weight excluding hydrogens is 198 g/mol. The highest BCUT2D eigenvalue weighted by Gasteiger charge is 2.08. The molecule has 3 nitrogen and oxygen atoms in total. The molecule has 80 valence electrons. The van der Waals surface area contributed by atoms with Gasteiger partial charge in [-0.2, -0.15) is 0 Å². The summed E-state index contributed by atoms with van der Waals surface area (Å²) in [6.45, 7) is 5.29. The van der Waals surface area contributed by atoms with Gasteiger partial charge in [-0.15, -0.1) is 10.2 Å². The smallest absolute Gasteiger partial charge is 0.225 e. The van der Waals surface area contributed by atoms with Crippen LogP contribution in [0.1, 0.15) is 45.4 Å². The number of nitrogens with zero attached hydrogens (tertiary/aromatic N) is 3. The summed E-state index contributed by atoms with van der Waals surface area (Å²) >= 11 is 5.95. The van der Waals surface area contributed by atoms with Crippen LogP contribution in [-0.4, -0.2) is 14.8 Å². The van der Waals surface area contributed by atoms with Crippen LogP contribution in [0.2, 0.25) is 5.28 Å². The second kappa shape index (κ2) is 6.02. The van der Waals surface area contributed by atoms with Crippen LogP contribution in [0, 0.1) is 0 Å². The van der Waals surface area contributed by atoms with Crippen LogP contribution < -0.4 is 0 Å². The second-order valence-electron chi connectivity index (χ2n) is 3.49. The van der Waals surface area contributed by atoms with E-state index in [1.165, 1.54) is 12.8 Å². The largest absolute Gasteiger partial charge is 0.302 e. The van der Waals surface area contributed by atoms with Crippen LogP contribution in [0.5, 0.6) is 0 Å². The Bertz CT molecular complexity index is 270. The van der Waals surface area contributed by atoms with Gasteiger partial charge in [-0.1, -0.05) is 26.7 Å². The minimum Gasteiger partial charge on any atom is -0.302 e. The first-order valence-corrected chi connectivity index (χ1v) is 5.75. The summed E-state index contributed by atoms with van der Waals surface area (Å²) in [7, 11) is 0. The molecule has 0 saturated carbocycles. The summed E-state index contributed by atoms with van der Waals surface area (Å²) < 4.78 is 2.03. The Labute approximate surface area is 90.5 Å². The molecule has 1 rings (SSSR count). The van der Waals surface area contributed by atoms with E-state index in [2.05, 4.69) is 24.0 Å². The van der Waals surface area contributed by atoms with Gasteiger partial charge in [0.1, 0.15) is 5.82 Å². The molecule has 0 aliphatic carbocycles. The topological polar surface area (TPSA) is 30.7 Å². The molecule has 0 aliphatic rings. The fourth-order valence-electron chi connectivity index (χ4n) is 1.46. The lowest BCUT2D eigenvalue weighted by atomic mass is 10.2. The molecule has 4 heteroatoms. The molecule has 0 fully saturated rings. The van der Waals surface area contributed by atoms with Crippen molar-refractivity contribution in [2.24, 2.45) is 0 Å². The molecule has 0 aliphatic heterocycles. The maximum absolute atomic E-state index is 5.95. The lowest BCUT2D eigenvalue weighted by Gasteiger charge is -2.05. The number of hydrogen-bond acceptors (Lipinski definition) is 2. The van der Waals surface area contributed by atoms with E-state index in [1.807, 2.05) is 4.57 Å². The van der Waals surface area contributed by atoms with Gasteiger partial charge in [0.05, 0.1) is 0 Å². The van der Waals surface area contributed by atoms with Crippen LogP contribution in [0.4, 0.5) is 0 Å². The third-order valence-corrected chi connectivity index (χ3v) is 2.52. The van der Waals surface area contributed by atoms with Gasteiger partial charge in [0, 0.05) is 13.0 Å². The summed E-state index contributed by atoms with van der Waals surface area (Å²) in [5.74, 6) is 1.02. The maximum Gasteiger partial charge on any atom is 0.225 e. The Morgan fingerprint density at radius 3 is 2.57 bits per heavy atom. The van der Waals surface area contributed by atoms with Gasteiger partial charge >= 0.3 is 0 Å². The van der Waals surface area contributed by atoms with Crippen molar-refractivity contribution < 1.29 is 0 Å². The molecule has 0 saturated heterocycles. The number of aromatic nitrogens is 3. The van der Waals surface area contributed by atoms with Crippen molar-refractivity contribution in [3.63, 3.8) is 0 Å². The minimum atomic E-state index is 0.532. The van der Waals surface area contributed by atoms with E-state index >= 15 is 0 Å². The average molecular weight is 216 g/mol. The third-order valence-electron chi connectivity index (χ3n) is 2.24. The van der Waals surface area contributed by atoms with Crippen molar-refractivity contribution in [3.8, 4) is 0 Å². The number of rotatable bonds is 6. The lowest BCUT2D eigenvalue weighted by molar-refractivity contribution is 0.577. The number of hydrogen-bond donors (Lipinski definition) is 0. The predicted octanol–water partition coefficient (Wildman–Crippen LogP) is 3.07. The fraction of sp³-hybridized carbons (Fsp3) is 0.800. The van der Waals surface area contributed by atoms with Gasteiger partial charge in [-0.25, -0.2) is 0 Å². The normalized spacial score (nSPS) is 10.8. The monoisotopic (exact) mass is 215 g/mol. The molecule has 1 aromatic rings. The lowest BCUT2D eigenvalue weighted by Crippen LogP contribution is -2.04. The zero-order valence-electron chi connectivity index (χ0n) is 8.96. The molecule has 0 radical (unpaired) electrons. The molecule has 0 N–H and O–H groups in total. The van der Waals surface area contributed by atoms with Gasteiger partial charge in [0.15, 0.2) is 0 Å². The Morgan fingerprint density at radius 2 is 1.93 bits per heavy atom. The molecule has 0 aromatic carbocycles. The molecule has 0 spiro atoms. The van der Waals surface area contributed by atoms with Gasteiger partial charge in [-0.3, -0.25) is 0 Å². The van der Waals surface area contributed by atoms with Gasteiger partial charge < -0.3 is 4.57 Å². The van der Waals surface area contributed by atoms with Crippen LogP contribution in [0.15, 0.2) is 0 Å². The Hall–Kier alpha value is -0.570. The van der Waals surface area contributed by atoms with Crippen molar-refractivity contribution in [3.05, 3.63) is 11.1 Å². The quantitative estimate of drug-likeness (QED) is 0.683. The van der Waals surface area contributed by atoms with E-state index in [-0.39, 0.29) is 0 Å². The zero-order chi connectivity index (χ0) is 10.4. The van der Waals surface area contributed by atoms with E-state index in [9.17, 15) is 0 Å². The molecular formula is C10H18ClN3. The number of unbranched alkanes of at least 4 members (excludes halogenated alkanes) is 2. The van der Waals surface area contributed by atoms with Gasteiger partial charge in [0.25, 0.3) is 0 Å². The van der Waals surface area contributed by atoms with Crippen molar-refractivity contribution in [2.45, 2.75) is 52.5 Å². The van der Waals surface area contributed by atoms with E-state index in [1.54, 1.807) is 0 Å². The predicted molar refractivity (Wildman–Crippen MR) is 58.6 cm³/mol. The first kappa shape index (κ1) is 11.5. The Balaban J connectivity index is 2.57. The van der Waals surface area contributed by atoms with Crippen molar-refractivity contribution in [2.75, 3.05) is 0 Å². The second-order valence-corrected chi connectivity index (χ2v) is 3.83. The molecule has 1 aromatic heterocycles. The average Bonchev–Trinajstić information content (AvgIpc) is 2.50. The first-order valence-electron chi connectivity index (χ1n) is 5.37. The zero-order valence-corrected chi connectivity index (χ0v) is 9.72. The fourth-order valence-corrected chi connectivity index (χ4v) is 1.68. The van der Waals surface area contributed by atoms with Crippen LogP contribution in [-0.2, 0) is 13.0 Å². The third kappa shape index (κ3) is 2.98. The summed E-state index contributed by atoms with van der Waals surface area (Å²) in [5.41, 5.74) is 0. The van der Waals surface area contributed by atoms with Crippen molar-refractivity contribution >= 4 is 11.6 Å². The van der Waals surface area contributed by atoms with Crippen molar-refractivity contribution in [1.82, 2.24) is 14.8 Å².